The number of aromatic nitrogens is 4. The maximum absolute atomic E-state index is 12.2. The Morgan fingerprint density at radius 3 is 2.96 bits per heavy atom. The van der Waals surface area contributed by atoms with Gasteiger partial charge in [0.25, 0.3) is 5.56 Å². The zero-order valence-electron chi connectivity index (χ0n) is 13.0. The van der Waals surface area contributed by atoms with Gasteiger partial charge in [0.05, 0.1) is 23.1 Å². The largest absolute Gasteiger partial charge is 0.317 e. The van der Waals surface area contributed by atoms with E-state index >= 15 is 0 Å². The highest BCUT2D eigenvalue weighted by atomic mass is 32.1. The topological polar surface area (TPSA) is 75.1 Å². The minimum Gasteiger partial charge on any atom is -0.317 e. The van der Waals surface area contributed by atoms with Crippen LogP contribution in [0.3, 0.4) is 0 Å². The van der Waals surface area contributed by atoms with Gasteiger partial charge in [-0.15, -0.1) is 11.3 Å². The highest BCUT2D eigenvalue weighted by molar-refractivity contribution is 7.13. The number of aromatic amines is 1. The van der Waals surface area contributed by atoms with Crippen molar-refractivity contribution in [1.29, 1.82) is 0 Å². The third-order valence-electron chi connectivity index (χ3n) is 4.44. The van der Waals surface area contributed by atoms with E-state index in [0.717, 1.165) is 60.0 Å². The Morgan fingerprint density at radius 2 is 2.22 bits per heavy atom. The summed E-state index contributed by atoms with van der Waals surface area (Å²) in [4.78, 5) is 19.7. The first kappa shape index (κ1) is 14.6. The lowest BCUT2D eigenvalue weighted by molar-refractivity contribution is 0.446. The van der Waals surface area contributed by atoms with Crippen molar-refractivity contribution >= 4 is 17.0 Å². The van der Waals surface area contributed by atoms with Crippen molar-refractivity contribution in [3.63, 3.8) is 0 Å². The van der Waals surface area contributed by atoms with Crippen LogP contribution >= 0.6 is 11.3 Å². The summed E-state index contributed by atoms with van der Waals surface area (Å²) in [6, 6.07) is 1.69. The van der Waals surface area contributed by atoms with Crippen molar-refractivity contribution in [2.24, 2.45) is 0 Å². The maximum atomic E-state index is 12.2. The molecule has 1 saturated heterocycles. The third kappa shape index (κ3) is 2.60. The minimum absolute atomic E-state index is 0.0694. The predicted molar refractivity (Wildman–Crippen MR) is 91.1 cm³/mol. The molecule has 0 atom stereocenters. The lowest BCUT2D eigenvalue weighted by Gasteiger charge is -2.23. The second kappa shape index (κ2) is 5.90. The molecule has 3 aromatic heterocycles. The van der Waals surface area contributed by atoms with Crippen LogP contribution in [0.25, 0.3) is 16.2 Å². The third-order valence-corrected chi connectivity index (χ3v) is 5.36. The van der Waals surface area contributed by atoms with Gasteiger partial charge in [-0.25, -0.2) is 9.50 Å². The maximum Gasteiger partial charge on any atom is 0.251 e. The van der Waals surface area contributed by atoms with E-state index in [2.05, 4.69) is 32.7 Å². The Balaban J connectivity index is 1.85. The first-order chi connectivity index (χ1) is 11.3. The van der Waals surface area contributed by atoms with E-state index in [-0.39, 0.29) is 5.56 Å². The number of hydrogen-bond donors (Lipinski definition) is 2. The molecule has 0 bridgehead atoms. The lowest BCUT2D eigenvalue weighted by Crippen LogP contribution is -2.28. The van der Waals surface area contributed by atoms with Crippen LogP contribution in [-0.4, -0.2) is 32.7 Å². The van der Waals surface area contributed by atoms with Gasteiger partial charge >= 0.3 is 0 Å². The number of nitrogens with one attached hydrogen (secondary N) is 2. The molecule has 1 aliphatic heterocycles. The van der Waals surface area contributed by atoms with Gasteiger partial charge in [-0.3, -0.25) is 4.79 Å². The molecule has 4 heterocycles. The van der Waals surface area contributed by atoms with Crippen LogP contribution in [0.1, 0.15) is 37.1 Å². The number of H-pyrrole nitrogens is 1. The molecule has 7 heteroatoms. The van der Waals surface area contributed by atoms with Gasteiger partial charge in [0, 0.05) is 17.4 Å². The standard InChI is InChI=1S/C16H19N5OS/c1-2-11-9-23-16(19-11)12-8-18-21-13(7-14(22)20-15(12)21)10-3-5-17-6-4-10/h7-10,17H,2-6H2,1H3,(H,20,22). The second-order valence-corrected chi connectivity index (χ2v) is 6.76. The Morgan fingerprint density at radius 1 is 1.39 bits per heavy atom. The molecule has 0 amide bonds. The molecule has 4 rings (SSSR count). The molecule has 1 fully saturated rings. The normalized spacial score (nSPS) is 16.2. The monoisotopic (exact) mass is 329 g/mol. The fraction of sp³-hybridized carbons (Fsp3) is 0.438. The van der Waals surface area contributed by atoms with Gasteiger partial charge in [-0.05, 0) is 32.4 Å². The fourth-order valence-corrected chi connectivity index (χ4v) is 4.08. The number of piperidine rings is 1. The Kier molecular flexibility index (Phi) is 3.74. The average Bonchev–Trinajstić information content (AvgIpc) is 3.21. The fourth-order valence-electron chi connectivity index (χ4n) is 3.17. The summed E-state index contributed by atoms with van der Waals surface area (Å²) in [6.07, 6.45) is 4.79. The van der Waals surface area contributed by atoms with Crippen LogP contribution in [0.5, 0.6) is 0 Å². The minimum atomic E-state index is -0.0694. The van der Waals surface area contributed by atoms with Crippen LogP contribution in [0.4, 0.5) is 0 Å². The Hall–Kier alpha value is -1.99. The SMILES string of the molecule is CCc1csc(-c2cnn3c(C4CCNCC4)cc(=O)[nH]c23)n1. The quantitative estimate of drug-likeness (QED) is 0.772. The van der Waals surface area contributed by atoms with Crippen molar-refractivity contribution in [3.8, 4) is 10.6 Å². The van der Waals surface area contributed by atoms with E-state index < -0.39 is 0 Å². The van der Waals surface area contributed by atoms with Gasteiger partial charge in [0.15, 0.2) is 0 Å². The summed E-state index contributed by atoms with van der Waals surface area (Å²) >= 11 is 1.60. The number of nitrogens with zero attached hydrogens (tertiary/aromatic N) is 3. The van der Waals surface area contributed by atoms with E-state index in [0.29, 0.717) is 5.92 Å². The molecule has 0 radical (unpaired) electrons. The van der Waals surface area contributed by atoms with Crippen LogP contribution in [0.2, 0.25) is 0 Å². The molecule has 0 aromatic carbocycles. The second-order valence-electron chi connectivity index (χ2n) is 5.90. The van der Waals surface area contributed by atoms with Gasteiger partial charge in [-0.2, -0.15) is 5.10 Å². The number of aryl methyl sites for hydroxylation is 1. The molecule has 6 nitrogen and oxygen atoms in total. The number of fused-ring (bicyclic) bond motifs is 1. The van der Waals surface area contributed by atoms with Crippen molar-refractivity contribution in [2.45, 2.75) is 32.1 Å². The van der Waals surface area contributed by atoms with Gasteiger partial charge in [0.1, 0.15) is 10.7 Å². The van der Waals surface area contributed by atoms with E-state index in [9.17, 15) is 4.79 Å². The summed E-state index contributed by atoms with van der Waals surface area (Å²) in [5, 5.41) is 10.9. The summed E-state index contributed by atoms with van der Waals surface area (Å²) < 4.78 is 1.89. The molecular formula is C16H19N5OS. The highest BCUT2D eigenvalue weighted by Gasteiger charge is 2.21. The smallest absolute Gasteiger partial charge is 0.251 e. The molecular weight excluding hydrogens is 310 g/mol. The molecule has 0 spiro atoms. The Bertz CT molecular complexity index is 887. The first-order valence-electron chi connectivity index (χ1n) is 8.02. The van der Waals surface area contributed by atoms with E-state index in [1.165, 1.54) is 0 Å². The zero-order valence-corrected chi connectivity index (χ0v) is 13.8. The molecule has 0 aliphatic carbocycles. The average molecular weight is 329 g/mol. The molecule has 0 unspecified atom stereocenters. The summed E-state index contributed by atoms with van der Waals surface area (Å²) in [6.45, 7) is 4.06. The van der Waals surface area contributed by atoms with E-state index in [4.69, 9.17) is 0 Å². The summed E-state index contributed by atoms with van der Waals surface area (Å²) in [7, 11) is 0. The molecule has 3 aromatic rings. The van der Waals surface area contributed by atoms with Gasteiger partial charge in [-0.1, -0.05) is 6.92 Å². The molecule has 2 N–H and O–H groups in total. The van der Waals surface area contributed by atoms with Gasteiger partial charge in [0.2, 0.25) is 0 Å². The molecule has 23 heavy (non-hydrogen) atoms. The van der Waals surface area contributed by atoms with Crippen molar-refractivity contribution in [1.82, 2.24) is 24.9 Å². The number of hydrogen-bond acceptors (Lipinski definition) is 5. The van der Waals surface area contributed by atoms with Crippen molar-refractivity contribution in [2.75, 3.05) is 13.1 Å². The highest BCUT2D eigenvalue weighted by Crippen LogP contribution is 2.30. The van der Waals surface area contributed by atoms with Gasteiger partial charge < -0.3 is 10.3 Å². The predicted octanol–water partition coefficient (Wildman–Crippen LogP) is 2.18. The molecule has 0 saturated carbocycles. The first-order valence-corrected chi connectivity index (χ1v) is 8.90. The number of rotatable bonds is 3. The van der Waals surface area contributed by atoms with Crippen LogP contribution in [-0.2, 0) is 6.42 Å². The lowest BCUT2D eigenvalue weighted by atomic mass is 9.94. The summed E-state index contributed by atoms with van der Waals surface area (Å²) in [5.41, 5.74) is 3.66. The molecule has 1 aliphatic rings. The van der Waals surface area contributed by atoms with Crippen LogP contribution in [0, 0.1) is 0 Å². The molecule has 120 valence electrons. The van der Waals surface area contributed by atoms with E-state index in [1.807, 2.05) is 10.7 Å². The summed E-state index contributed by atoms with van der Waals surface area (Å²) in [5.74, 6) is 0.372. The van der Waals surface area contributed by atoms with Crippen LogP contribution < -0.4 is 10.9 Å². The van der Waals surface area contributed by atoms with Crippen LogP contribution in [0.15, 0.2) is 22.4 Å². The van der Waals surface area contributed by atoms with E-state index in [1.54, 1.807) is 17.4 Å². The number of thiazole rings is 1. The Labute approximate surface area is 137 Å². The van der Waals surface area contributed by atoms with Crippen molar-refractivity contribution in [3.05, 3.63) is 39.4 Å². The zero-order chi connectivity index (χ0) is 15.8. The van der Waals surface area contributed by atoms with Crippen molar-refractivity contribution < 1.29 is 0 Å².